The van der Waals surface area contributed by atoms with Crippen molar-refractivity contribution in [2.45, 2.75) is 110 Å². The van der Waals surface area contributed by atoms with E-state index in [1.807, 2.05) is 0 Å². The van der Waals surface area contributed by atoms with Gasteiger partial charge in [0.1, 0.15) is 0 Å². The van der Waals surface area contributed by atoms with Crippen LogP contribution in [0.5, 0.6) is 0 Å². The molecule has 2 N–H and O–H groups in total. The standard InChI is InChI=1S/C27H47BrN2O/c1-2-3-4-5-6-7-8-9-10-11-12-13-14-15-22-29-26-19-17-25(18-20-26)24-27(31)30-23-16-21-28/h17-20,29H,2-16,21-24H2,1H3,(H,30,31). The van der Waals surface area contributed by atoms with Gasteiger partial charge in [-0.25, -0.2) is 0 Å². The molecular formula is C27H47BrN2O. The van der Waals surface area contributed by atoms with E-state index in [1.54, 1.807) is 0 Å². The Morgan fingerprint density at radius 3 is 1.74 bits per heavy atom. The molecule has 178 valence electrons. The lowest BCUT2D eigenvalue weighted by Gasteiger charge is -2.08. The van der Waals surface area contributed by atoms with Gasteiger partial charge in [0.25, 0.3) is 0 Å². The minimum absolute atomic E-state index is 0.101. The SMILES string of the molecule is CCCCCCCCCCCCCCCCNc1ccc(CC(=O)NCCCBr)cc1. The highest BCUT2D eigenvalue weighted by Crippen LogP contribution is 2.14. The summed E-state index contributed by atoms with van der Waals surface area (Å²) in [6.45, 7) is 4.06. The molecule has 1 aromatic rings. The van der Waals surface area contributed by atoms with Gasteiger partial charge in [0.05, 0.1) is 6.42 Å². The number of benzene rings is 1. The molecular weight excluding hydrogens is 448 g/mol. The summed E-state index contributed by atoms with van der Waals surface area (Å²) in [5, 5.41) is 7.37. The number of anilines is 1. The van der Waals surface area contributed by atoms with Gasteiger partial charge in [-0.3, -0.25) is 4.79 Å². The molecule has 0 aliphatic carbocycles. The molecule has 4 heteroatoms. The van der Waals surface area contributed by atoms with Crippen molar-refractivity contribution < 1.29 is 4.79 Å². The van der Waals surface area contributed by atoms with Gasteiger partial charge >= 0.3 is 0 Å². The van der Waals surface area contributed by atoms with Crippen LogP contribution < -0.4 is 10.6 Å². The van der Waals surface area contributed by atoms with E-state index in [1.165, 1.54) is 89.9 Å². The van der Waals surface area contributed by atoms with Crippen molar-refractivity contribution in [3.63, 3.8) is 0 Å². The van der Waals surface area contributed by atoms with Gasteiger partial charge in [0.2, 0.25) is 5.91 Å². The second-order valence-electron chi connectivity index (χ2n) is 8.79. The second kappa shape index (κ2) is 20.8. The smallest absolute Gasteiger partial charge is 0.224 e. The number of rotatable bonds is 21. The van der Waals surface area contributed by atoms with Crippen LogP contribution in [-0.2, 0) is 11.2 Å². The molecule has 1 aromatic carbocycles. The topological polar surface area (TPSA) is 41.1 Å². The highest BCUT2D eigenvalue weighted by Gasteiger charge is 2.03. The Morgan fingerprint density at radius 2 is 1.23 bits per heavy atom. The van der Waals surface area contributed by atoms with Gasteiger partial charge in [-0.15, -0.1) is 0 Å². The van der Waals surface area contributed by atoms with Crippen LogP contribution in [0.25, 0.3) is 0 Å². The minimum Gasteiger partial charge on any atom is -0.385 e. The Hall–Kier alpha value is -1.03. The maximum Gasteiger partial charge on any atom is 0.224 e. The molecule has 0 atom stereocenters. The molecule has 1 rings (SSSR count). The fraction of sp³-hybridized carbons (Fsp3) is 0.741. The third-order valence-electron chi connectivity index (χ3n) is 5.81. The monoisotopic (exact) mass is 494 g/mol. The van der Waals surface area contributed by atoms with Crippen molar-refractivity contribution in [3.05, 3.63) is 29.8 Å². The maximum atomic E-state index is 11.9. The first kappa shape index (κ1) is 28.0. The van der Waals surface area contributed by atoms with E-state index >= 15 is 0 Å². The summed E-state index contributed by atoms with van der Waals surface area (Å²) in [7, 11) is 0. The molecule has 0 saturated carbocycles. The van der Waals surface area contributed by atoms with E-state index in [9.17, 15) is 4.79 Å². The van der Waals surface area contributed by atoms with E-state index < -0.39 is 0 Å². The predicted octanol–water partition coefficient (Wildman–Crippen LogP) is 8.02. The lowest BCUT2D eigenvalue weighted by atomic mass is 10.0. The molecule has 31 heavy (non-hydrogen) atoms. The Labute approximate surface area is 200 Å². The van der Waals surface area contributed by atoms with E-state index in [2.05, 4.69) is 57.8 Å². The molecule has 0 fully saturated rings. The summed E-state index contributed by atoms with van der Waals surface area (Å²) in [5.74, 6) is 0.101. The van der Waals surface area contributed by atoms with Gasteiger partial charge in [0, 0.05) is 24.1 Å². The van der Waals surface area contributed by atoms with Crippen LogP contribution in [0.2, 0.25) is 0 Å². The molecule has 0 aromatic heterocycles. The van der Waals surface area contributed by atoms with Crippen molar-refractivity contribution in [1.82, 2.24) is 5.32 Å². The zero-order chi connectivity index (χ0) is 22.4. The summed E-state index contributed by atoms with van der Waals surface area (Å²) in [6.07, 6.45) is 21.0. The number of nitrogens with one attached hydrogen (secondary N) is 2. The van der Waals surface area contributed by atoms with Crippen LogP contribution in [0.3, 0.4) is 0 Å². The van der Waals surface area contributed by atoms with E-state index in [-0.39, 0.29) is 5.91 Å². The van der Waals surface area contributed by atoms with Crippen LogP contribution in [-0.4, -0.2) is 24.3 Å². The van der Waals surface area contributed by atoms with Crippen molar-refractivity contribution in [3.8, 4) is 0 Å². The quantitative estimate of drug-likeness (QED) is 0.134. The number of unbranched alkanes of at least 4 members (excludes halogenated alkanes) is 13. The lowest BCUT2D eigenvalue weighted by molar-refractivity contribution is -0.120. The summed E-state index contributed by atoms with van der Waals surface area (Å²) in [6, 6.07) is 8.28. The van der Waals surface area contributed by atoms with Crippen LogP contribution in [0.4, 0.5) is 5.69 Å². The third-order valence-corrected chi connectivity index (χ3v) is 6.37. The number of carbonyl (C=O) groups excluding carboxylic acids is 1. The molecule has 0 spiro atoms. The van der Waals surface area contributed by atoms with Crippen molar-refractivity contribution in [2.75, 3.05) is 23.7 Å². The van der Waals surface area contributed by atoms with Crippen LogP contribution in [0.15, 0.2) is 24.3 Å². The van der Waals surface area contributed by atoms with Gasteiger partial charge in [-0.05, 0) is 30.5 Å². The summed E-state index contributed by atoms with van der Waals surface area (Å²) < 4.78 is 0. The third kappa shape index (κ3) is 17.2. The van der Waals surface area contributed by atoms with Crippen molar-refractivity contribution >= 4 is 27.5 Å². The molecule has 0 saturated heterocycles. The molecule has 3 nitrogen and oxygen atoms in total. The van der Waals surface area contributed by atoms with Gasteiger partial charge in [0.15, 0.2) is 0 Å². The zero-order valence-corrected chi connectivity index (χ0v) is 21.6. The van der Waals surface area contributed by atoms with Crippen LogP contribution >= 0.6 is 15.9 Å². The Balaban J connectivity index is 1.91. The molecule has 0 aliphatic rings. The van der Waals surface area contributed by atoms with E-state index in [0.29, 0.717) is 6.42 Å². The largest absolute Gasteiger partial charge is 0.385 e. The Kier molecular flexibility index (Phi) is 18.8. The Morgan fingerprint density at radius 1 is 0.710 bits per heavy atom. The maximum absolute atomic E-state index is 11.9. The van der Waals surface area contributed by atoms with Gasteiger partial charge < -0.3 is 10.6 Å². The Bertz CT molecular complexity index is 533. The number of hydrogen-bond acceptors (Lipinski definition) is 2. The summed E-state index contributed by atoms with van der Waals surface area (Å²) in [5.41, 5.74) is 2.22. The zero-order valence-electron chi connectivity index (χ0n) is 20.0. The average Bonchev–Trinajstić information content (AvgIpc) is 2.77. The molecule has 1 amide bonds. The number of alkyl halides is 1. The molecule has 0 unspecified atom stereocenters. The van der Waals surface area contributed by atoms with Crippen LogP contribution in [0, 0.1) is 0 Å². The van der Waals surface area contributed by atoms with E-state index in [0.717, 1.165) is 36.1 Å². The summed E-state index contributed by atoms with van der Waals surface area (Å²) in [4.78, 5) is 11.9. The fourth-order valence-electron chi connectivity index (χ4n) is 3.84. The van der Waals surface area contributed by atoms with Crippen molar-refractivity contribution in [2.24, 2.45) is 0 Å². The average molecular weight is 496 g/mol. The minimum atomic E-state index is 0.101. The first-order valence-corrected chi connectivity index (χ1v) is 14.0. The molecule has 0 aliphatic heterocycles. The lowest BCUT2D eigenvalue weighted by Crippen LogP contribution is -2.26. The number of amides is 1. The van der Waals surface area contributed by atoms with Gasteiger partial charge in [-0.1, -0.05) is 118 Å². The van der Waals surface area contributed by atoms with Crippen molar-refractivity contribution in [1.29, 1.82) is 0 Å². The van der Waals surface area contributed by atoms with E-state index in [4.69, 9.17) is 0 Å². The summed E-state index contributed by atoms with van der Waals surface area (Å²) >= 11 is 3.37. The molecule has 0 heterocycles. The predicted molar refractivity (Wildman–Crippen MR) is 140 cm³/mol. The normalized spacial score (nSPS) is 10.9. The molecule has 0 bridgehead atoms. The molecule has 0 radical (unpaired) electrons. The fourth-order valence-corrected chi connectivity index (χ4v) is 4.12. The highest BCUT2D eigenvalue weighted by atomic mass is 79.9. The van der Waals surface area contributed by atoms with Crippen LogP contribution in [0.1, 0.15) is 109 Å². The van der Waals surface area contributed by atoms with Gasteiger partial charge in [-0.2, -0.15) is 0 Å². The second-order valence-corrected chi connectivity index (χ2v) is 9.58. The number of halogens is 1. The number of carbonyl (C=O) groups is 1. The first-order chi connectivity index (χ1) is 15.3. The number of hydrogen-bond donors (Lipinski definition) is 2. The highest BCUT2D eigenvalue weighted by molar-refractivity contribution is 9.09. The first-order valence-electron chi connectivity index (χ1n) is 12.9.